The normalized spacial score (nSPS) is 17.2. The van der Waals surface area contributed by atoms with E-state index in [1.807, 2.05) is 36.4 Å². The summed E-state index contributed by atoms with van der Waals surface area (Å²) in [4.78, 5) is 26.9. The van der Waals surface area contributed by atoms with Crippen molar-refractivity contribution in [2.75, 3.05) is 26.6 Å². The maximum atomic E-state index is 13.7. The van der Waals surface area contributed by atoms with Crippen LogP contribution in [0.2, 0.25) is 0 Å². The van der Waals surface area contributed by atoms with Crippen LogP contribution in [0.15, 0.2) is 58.5 Å². The van der Waals surface area contributed by atoms with Gasteiger partial charge in [0, 0.05) is 23.3 Å². The van der Waals surface area contributed by atoms with E-state index in [0.29, 0.717) is 51.9 Å². The van der Waals surface area contributed by atoms with Crippen LogP contribution >= 0.6 is 0 Å². The smallest absolute Gasteiger partial charge is 0.277 e. The number of H-pyrrole nitrogens is 1. The van der Waals surface area contributed by atoms with Crippen LogP contribution in [0.5, 0.6) is 17.2 Å². The highest BCUT2D eigenvalue weighted by molar-refractivity contribution is 6.01. The minimum absolute atomic E-state index is 0.0306. The molecule has 0 saturated heterocycles. The fourth-order valence-electron chi connectivity index (χ4n) is 4.86. The molecule has 33 heavy (non-hydrogen) atoms. The van der Waals surface area contributed by atoms with Crippen LogP contribution in [0, 0.1) is 0 Å². The Morgan fingerprint density at radius 2 is 1.67 bits per heavy atom. The van der Waals surface area contributed by atoms with Gasteiger partial charge < -0.3 is 19.5 Å². The lowest BCUT2D eigenvalue weighted by Crippen LogP contribution is -2.30. The zero-order valence-electron chi connectivity index (χ0n) is 18.7. The number of nitrogens with one attached hydrogen (secondary N) is 2. The lowest BCUT2D eigenvalue weighted by molar-refractivity contribution is -0.116. The second kappa shape index (κ2) is 8.20. The van der Waals surface area contributed by atoms with Crippen molar-refractivity contribution >= 4 is 11.6 Å². The largest absolute Gasteiger partial charge is 0.493 e. The number of anilines is 1. The van der Waals surface area contributed by atoms with Crippen LogP contribution in [0.4, 0.5) is 5.82 Å². The Balaban J connectivity index is 1.80. The fourth-order valence-corrected chi connectivity index (χ4v) is 4.86. The van der Waals surface area contributed by atoms with Crippen molar-refractivity contribution in [3.63, 3.8) is 0 Å². The van der Waals surface area contributed by atoms with Crippen LogP contribution < -0.4 is 25.1 Å². The van der Waals surface area contributed by atoms with E-state index in [2.05, 4.69) is 10.4 Å². The molecule has 8 heteroatoms. The predicted molar refractivity (Wildman–Crippen MR) is 124 cm³/mol. The number of para-hydroxylation sites is 1. The number of benzene rings is 2. The van der Waals surface area contributed by atoms with Crippen molar-refractivity contribution in [2.24, 2.45) is 0 Å². The molecule has 1 aromatic heterocycles. The number of hydrogen-bond donors (Lipinski definition) is 2. The Labute approximate surface area is 190 Å². The quantitative estimate of drug-likeness (QED) is 0.619. The lowest BCUT2D eigenvalue weighted by atomic mass is 9.76. The van der Waals surface area contributed by atoms with Crippen LogP contribution in [0.25, 0.3) is 5.69 Å². The van der Waals surface area contributed by atoms with Crippen molar-refractivity contribution in [3.8, 4) is 22.9 Å². The molecule has 1 aliphatic heterocycles. The van der Waals surface area contributed by atoms with Gasteiger partial charge in [0.2, 0.25) is 5.75 Å². The number of ether oxygens (including phenoxy) is 3. The van der Waals surface area contributed by atoms with E-state index in [1.165, 1.54) is 11.8 Å². The molecule has 2 N–H and O–H groups in total. The van der Waals surface area contributed by atoms with Gasteiger partial charge in [-0.3, -0.25) is 14.7 Å². The van der Waals surface area contributed by atoms with Crippen molar-refractivity contribution < 1.29 is 19.0 Å². The van der Waals surface area contributed by atoms with Gasteiger partial charge >= 0.3 is 0 Å². The Morgan fingerprint density at radius 3 is 2.36 bits per heavy atom. The van der Waals surface area contributed by atoms with E-state index >= 15 is 0 Å². The Bertz CT molecular complexity index is 1320. The Hall–Kier alpha value is -3.94. The van der Waals surface area contributed by atoms with E-state index in [9.17, 15) is 9.59 Å². The van der Waals surface area contributed by atoms with Crippen LogP contribution in [0.3, 0.4) is 0 Å². The molecule has 0 spiro atoms. The monoisotopic (exact) mass is 447 g/mol. The third-order valence-electron chi connectivity index (χ3n) is 6.30. The van der Waals surface area contributed by atoms with E-state index < -0.39 is 5.92 Å². The highest BCUT2D eigenvalue weighted by Crippen LogP contribution is 2.50. The van der Waals surface area contributed by atoms with Gasteiger partial charge in [-0.05, 0) is 31.0 Å². The zero-order chi connectivity index (χ0) is 23.1. The average molecular weight is 447 g/mol. The maximum Gasteiger partial charge on any atom is 0.277 e. The summed E-state index contributed by atoms with van der Waals surface area (Å²) in [6, 6.07) is 13.0. The molecule has 8 nitrogen and oxygen atoms in total. The van der Waals surface area contributed by atoms with Gasteiger partial charge in [0.05, 0.1) is 38.5 Å². The van der Waals surface area contributed by atoms with Gasteiger partial charge in [0.25, 0.3) is 5.56 Å². The minimum Gasteiger partial charge on any atom is -0.493 e. The molecular weight excluding hydrogens is 422 g/mol. The number of rotatable bonds is 5. The Morgan fingerprint density at radius 1 is 0.909 bits per heavy atom. The van der Waals surface area contributed by atoms with Crippen molar-refractivity contribution in [3.05, 3.63) is 75.2 Å². The summed E-state index contributed by atoms with van der Waals surface area (Å²) in [5, 5.41) is 6.54. The molecule has 0 fully saturated rings. The van der Waals surface area contributed by atoms with E-state index in [0.717, 1.165) is 18.5 Å². The molecule has 2 heterocycles. The molecule has 3 aromatic rings. The summed E-state index contributed by atoms with van der Waals surface area (Å²) in [6.45, 7) is 0. The predicted octanol–water partition coefficient (Wildman–Crippen LogP) is 3.76. The molecule has 170 valence electrons. The topological polar surface area (TPSA) is 94.6 Å². The lowest BCUT2D eigenvalue weighted by Gasteiger charge is -2.32. The molecule has 0 radical (unpaired) electrons. The summed E-state index contributed by atoms with van der Waals surface area (Å²) < 4.78 is 18.3. The molecular formula is C25H25N3O5. The van der Waals surface area contributed by atoms with Crippen molar-refractivity contribution in [1.82, 2.24) is 9.78 Å². The molecule has 0 saturated carbocycles. The van der Waals surface area contributed by atoms with E-state index in [4.69, 9.17) is 14.2 Å². The number of aromatic amines is 1. The van der Waals surface area contributed by atoms with Crippen LogP contribution in [0.1, 0.15) is 36.3 Å². The fraction of sp³-hybridized carbons (Fsp3) is 0.280. The second-order valence-corrected chi connectivity index (χ2v) is 8.03. The molecule has 0 amide bonds. The number of methoxy groups -OCH3 is 3. The van der Waals surface area contributed by atoms with E-state index in [1.54, 1.807) is 20.3 Å². The first-order valence-electron chi connectivity index (χ1n) is 10.8. The van der Waals surface area contributed by atoms with Crippen molar-refractivity contribution in [1.29, 1.82) is 0 Å². The average Bonchev–Trinajstić information content (AvgIpc) is 3.18. The number of allylic oxidation sites excluding steroid dienone is 2. The molecule has 0 bridgehead atoms. The highest BCUT2D eigenvalue weighted by Gasteiger charge is 2.40. The molecule has 1 atom stereocenters. The number of hydrogen-bond acceptors (Lipinski definition) is 6. The van der Waals surface area contributed by atoms with Gasteiger partial charge in [0.15, 0.2) is 17.3 Å². The molecule has 2 aromatic carbocycles. The first kappa shape index (κ1) is 20.9. The van der Waals surface area contributed by atoms with Gasteiger partial charge in [0.1, 0.15) is 5.82 Å². The number of nitrogens with zero attached hydrogens (tertiary/aromatic N) is 1. The summed E-state index contributed by atoms with van der Waals surface area (Å²) in [5.41, 5.74) is 3.07. The number of fused-ring (bicyclic) bond motifs is 1. The molecule has 2 aliphatic rings. The van der Waals surface area contributed by atoms with Gasteiger partial charge in [-0.2, -0.15) is 0 Å². The van der Waals surface area contributed by atoms with Crippen LogP contribution in [-0.2, 0) is 4.79 Å². The minimum atomic E-state index is -0.604. The number of ketones is 1. The number of aromatic nitrogens is 2. The zero-order valence-corrected chi connectivity index (χ0v) is 18.7. The Kier molecular flexibility index (Phi) is 5.20. The summed E-state index contributed by atoms with van der Waals surface area (Å²) in [7, 11) is 4.63. The molecule has 1 unspecified atom stereocenters. The SMILES string of the molecule is COc1ccc(C2C3=C(CCCC3=O)Nc3[nH]n(-c4ccccc4)c(=O)c32)c(OC)c1OC. The van der Waals surface area contributed by atoms with Gasteiger partial charge in [-0.25, -0.2) is 4.68 Å². The third-order valence-corrected chi connectivity index (χ3v) is 6.30. The first-order chi connectivity index (χ1) is 16.1. The van der Waals surface area contributed by atoms with Crippen LogP contribution in [-0.4, -0.2) is 36.9 Å². The van der Waals surface area contributed by atoms with E-state index in [-0.39, 0.29) is 11.3 Å². The number of carbonyl (C=O) groups is 1. The van der Waals surface area contributed by atoms with Gasteiger partial charge in [-0.15, -0.1) is 0 Å². The number of Topliss-reactive ketones (excluding diaryl/α,β-unsaturated/α-hetero) is 1. The number of carbonyl (C=O) groups excluding carboxylic acids is 1. The summed E-state index contributed by atoms with van der Waals surface area (Å²) in [5.74, 6) is 1.37. The summed E-state index contributed by atoms with van der Waals surface area (Å²) >= 11 is 0. The second-order valence-electron chi connectivity index (χ2n) is 8.03. The maximum absolute atomic E-state index is 13.7. The highest BCUT2D eigenvalue weighted by atomic mass is 16.5. The third kappa shape index (κ3) is 3.21. The van der Waals surface area contributed by atoms with Crippen molar-refractivity contribution in [2.45, 2.75) is 25.2 Å². The molecule has 1 aliphatic carbocycles. The molecule has 5 rings (SSSR count). The first-order valence-corrected chi connectivity index (χ1v) is 10.8. The standard InChI is InChI=1S/C25H25N3O5/c1-31-18-13-12-15(22(32-2)23(18)33-3)19-20-16(10-7-11-17(20)29)26-24-21(19)25(30)28(27-24)14-8-5-4-6-9-14/h4-6,8-9,12-13,19,26-27H,7,10-11H2,1-3H3. The summed E-state index contributed by atoms with van der Waals surface area (Å²) in [6.07, 6.45) is 1.93. The van der Waals surface area contributed by atoms with Gasteiger partial charge in [-0.1, -0.05) is 24.3 Å².